The van der Waals surface area contributed by atoms with Gasteiger partial charge in [-0.15, -0.1) is 0 Å². The molecule has 0 aromatic heterocycles. The molecule has 3 nitrogen and oxygen atoms in total. The number of benzene rings is 2. The molecule has 0 unspecified atom stereocenters. The molecule has 1 N–H and O–H groups in total. The van der Waals surface area contributed by atoms with Gasteiger partial charge in [0.15, 0.2) is 0 Å². The number of aliphatic hydroxyl groups excluding tert-OH is 1. The highest BCUT2D eigenvalue weighted by molar-refractivity contribution is 6.13. The summed E-state index contributed by atoms with van der Waals surface area (Å²) in [6, 6.07) is 19.7. The van der Waals surface area contributed by atoms with Crippen LogP contribution in [-0.2, 0) is 4.74 Å². The van der Waals surface area contributed by atoms with Crippen molar-refractivity contribution in [1.82, 2.24) is 0 Å². The van der Waals surface area contributed by atoms with E-state index >= 15 is 0 Å². The highest BCUT2D eigenvalue weighted by atomic mass is 16.6. The minimum Gasteiger partial charge on any atom is -0.480 e. The van der Waals surface area contributed by atoms with E-state index in [-0.39, 0.29) is 12.0 Å². The molecule has 2 aromatic rings. The number of hydrogen-bond donors (Lipinski definition) is 1. The molecule has 0 atom stereocenters. The summed E-state index contributed by atoms with van der Waals surface area (Å²) >= 11 is 0. The van der Waals surface area contributed by atoms with Crippen molar-refractivity contribution in [2.24, 2.45) is 4.99 Å². The van der Waals surface area contributed by atoms with Crippen LogP contribution >= 0.6 is 0 Å². The Morgan fingerprint density at radius 2 is 1.43 bits per heavy atom. The lowest BCUT2D eigenvalue weighted by atomic mass is 10.0. The first-order valence-corrected chi connectivity index (χ1v) is 6.91. The van der Waals surface area contributed by atoms with Crippen molar-refractivity contribution in [2.45, 2.75) is 20.0 Å². The molecule has 108 valence electrons. The Morgan fingerprint density at radius 3 is 1.86 bits per heavy atom. The van der Waals surface area contributed by atoms with Gasteiger partial charge in [-0.3, -0.25) is 0 Å². The van der Waals surface area contributed by atoms with E-state index in [0.717, 1.165) is 16.8 Å². The van der Waals surface area contributed by atoms with Gasteiger partial charge in [0.25, 0.3) is 5.95 Å². The van der Waals surface area contributed by atoms with E-state index < -0.39 is 0 Å². The minimum absolute atomic E-state index is 0.0895. The number of ether oxygens (including phenoxy) is 1. The van der Waals surface area contributed by atoms with Gasteiger partial charge in [0.2, 0.25) is 0 Å². The van der Waals surface area contributed by atoms with Crippen LogP contribution in [0.25, 0.3) is 0 Å². The first-order chi connectivity index (χ1) is 10.2. The van der Waals surface area contributed by atoms with Crippen LogP contribution in [0.15, 0.2) is 77.8 Å². The molecule has 3 heteroatoms. The highest BCUT2D eigenvalue weighted by Crippen LogP contribution is 2.12. The molecule has 0 aliphatic carbocycles. The second-order valence-electron chi connectivity index (χ2n) is 4.84. The number of nitrogens with zero attached hydrogens (tertiary/aromatic N) is 1. The second kappa shape index (κ2) is 7.29. The second-order valence-corrected chi connectivity index (χ2v) is 4.84. The zero-order valence-corrected chi connectivity index (χ0v) is 12.2. The van der Waals surface area contributed by atoms with E-state index in [0.29, 0.717) is 0 Å². The summed E-state index contributed by atoms with van der Waals surface area (Å²) in [5, 5.41) is 9.69. The minimum atomic E-state index is -0.186. The van der Waals surface area contributed by atoms with E-state index in [1.807, 2.05) is 74.5 Å². The fraction of sp³-hybridized carbons (Fsp3) is 0.167. The predicted octanol–water partition coefficient (Wildman–Crippen LogP) is 4.31. The van der Waals surface area contributed by atoms with Gasteiger partial charge in [-0.2, -0.15) is 0 Å². The van der Waals surface area contributed by atoms with Crippen molar-refractivity contribution in [2.75, 3.05) is 0 Å². The molecule has 0 bridgehead atoms. The lowest BCUT2D eigenvalue weighted by Crippen LogP contribution is -2.04. The summed E-state index contributed by atoms with van der Waals surface area (Å²) in [5.41, 5.74) is 2.75. The summed E-state index contributed by atoms with van der Waals surface area (Å²) in [7, 11) is 0. The lowest BCUT2D eigenvalue weighted by molar-refractivity contribution is 0.0513. The van der Waals surface area contributed by atoms with E-state index in [1.54, 1.807) is 0 Å². The van der Waals surface area contributed by atoms with Crippen LogP contribution in [0, 0.1) is 0 Å². The molecule has 2 rings (SSSR count). The van der Waals surface area contributed by atoms with Gasteiger partial charge in [0, 0.05) is 11.1 Å². The monoisotopic (exact) mass is 281 g/mol. The third-order valence-corrected chi connectivity index (χ3v) is 2.75. The van der Waals surface area contributed by atoms with E-state index in [2.05, 4.69) is 4.99 Å². The van der Waals surface area contributed by atoms with Crippen LogP contribution in [0.5, 0.6) is 0 Å². The molecule has 0 aliphatic rings. The van der Waals surface area contributed by atoms with Gasteiger partial charge < -0.3 is 9.84 Å². The maximum Gasteiger partial charge on any atom is 0.296 e. The van der Waals surface area contributed by atoms with E-state index in [1.165, 1.54) is 6.20 Å². The van der Waals surface area contributed by atoms with Crippen LogP contribution in [0.3, 0.4) is 0 Å². The Hall–Kier alpha value is -2.55. The van der Waals surface area contributed by atoms with Gasteiger partial charge in [-0.25, -0.2) is 4.99 Å². The molecule has 21 heavy (non-hydrogen) atoms. The smallest absolute Gasteiger partial charge is 0.296 e. The van der Waals surface area contributed by atoms with Crippen molar-refractivity contribution < 1.29 is 9.84 Å². The maximum atomic E-state index is 9.69. The summed E-state index contributed by atoms with van der Waals surface area (Å²) in [4.78, 5) is 4.40. The summed E-state index contributed by atoms with van der Waals surface area (Å²) in [6.45, 7) is 3.70. The van der Waals surface area contributed by atoms with Gasteiger partial charge in [0.1, 0.15) is 6.20 Å². The third kappa shape index (κ3) is 4.49. The Morgan fingerprint density at radius 1 is 0.952 bits per heavy atom. The predicted molar refractivity (Wildman–Crippen MR) is 85.5 cm³/mol. The quantitative estimate of drug-likeness (QED) is 0.655. The van der Waals surface area contributed by atoms with Gasteiger partial charge in [0.05, 0.1) is 11.8 Å². The van der Waals surface area contributed by atoms with Crippen molar-refractivity contribution in [3.05, 3.63) is 83.9 Å². The molecule has 0 saturated heterocycles. The van der Waals surface area contributed by atoms with Gasteiger partial charge in [-0.1, -0.05) is 60.7 Å². The Balaban J connectivity index is 2.38. The largest absolute Gasteiger partial charge is 0.480 e. The first-order valence-electron chi connectivity index (χ1n) is 6.91. The zero-order chi connectivity index (χ0) is 15.1. The first kappa shape index (κ1) is 14.9. The zero-order valence-electron chi connectivity index (χ0n) is 12.2. The molecule has 0 aliphatic heterocycles. The molecule has 2 aromatic carbocycles. The van der Waals surface area contributed by atoms with Crippen LogP contribution in [-0.4, -0.2) is 16.9 Å². The van der Waals surface area contributed by atoms with Crippen molar-refractivity contribution in [1.29, 1.82) is 0 Å². The van der Waals surface area contributed by atoms with Crippen LogP contribution in [0.2, 0.25) is 0 Å². The number of hydrogen-bond acceptors (Lipinski definition) is 3. The molecule has 0 fully saturated rings. The molecule has 0 spiro atoms. The fourth-order valence-corrected chi connectivity index (χ4v) is 1.90. The van der Waals surface area contributed by atoms with Gasteiger partial charge >= 0.3 is 0 Å². The summed E-state index contributed by atoms with van der Waals surface area (Å²) < 4.78 is 5.18. The molecule has 0 amide bonds. The summed E-state index contributed by atoms with van der Waals surface area (Å²) in [6.07, 6.45) is 1.25. The SMILES string of the molecule is CC(C)O/C(O)=C/N=C(c1ccccc1)c1ccccc1. The van der Waals surface area contributed by atoms with Gasteiger partial charge in [-0.05, 0) is 13.8 Å². The Bertz CT molecular complexity index is 575. The molecular formula is C18H19NO2. The Kier molecular flexibility index (Phi) is 5.16. The average Bonchev–Trinajstić information content (AvgIpc) is 2.49. The highest BCUT2D eigenvalue weighted by Gasteiger charge is 2.06. The van der Waals surface area contributed by atoms with Crippen molar-refractivity contribution in [3.63, 3.8) is 0 Å². The number of aliphatic hydroxyl groups is 1. The maximum absolute atomic E-state index is 9.69. The van der Waals surface area contributed by atoms with E-state index in [9.17, 15) is 5.11 Å². The number of aliphatic imine (C=N–C) groups is 1. The molecule has 0 radical (unpaired) electrons. The average molecular weight is 281 g/mol. The third-order valence-electron chi connectivity index (χ3n) is 2.75. The summed E-state index contributed by atoms with van der Waals surface area (Å²) in [5.74, 6) is -0.186. The lowest BCUT2D eigenvalue weighted by Gasteiger charge is -2.08. The molecule has 0 saturated carbocycles. The standard InChI is InChI=1S/C18H19NO2/c1-14(2)21-17(20)13-19-18(15-9-5-3-6-10-15)16-11-7-4-8-12-16/h3-14,20H,1-2H3/b17-13+. The van der Waals surface area contributed by atoms with Crippen LogP contribution in [0.1, 0.15) is 25.0 Å². The molecular weight excluding hydrogens is 262 g/mol. The fourth-order valence-electron chi connectivity index (χ4n) is 1.90. The van der Waals surface area contributed by atoms with Crippen molar-refractivity contribution in [3.8, 4) is 0 Å². The van der Waals surface area contributed by atoms with Crippen molar-refractivity contribution >= 4 is 5.71 Å². The number of rotatable bonds is 5. The van der Waals surface area contributed by atoms with E-state index in [4.69, 9.17) is 4.74 Å². The Labute approximate surface area is 125 Å². The normalized spacial score (nSPS) is 11.3. The topological polar surface area (TPSA) is 41.8 Å². The van der Waals surface area contributed by atoms with Crippen LogP contribution < -0.4 is 0 Å². The van der Waals surface area contributed by atoms with Crippen LogP contribution in [0.4, 0.5) is 0 Å². The molecule has 0 heterocycles.